The Morgan fingerprint density at radius 3 is 2.27 bits per heavy atom. The largest absolute Gasteiger partial charge is 0.481 e. The lowest BCUT2D eigenvalue weighted by atomic mass is 9.98. The normalized spacial score (nSPS) is 12.6. The summed E-state index contributed by atoms with van der Waals surface area (Å²) in [6.07, 6.45) is 1.64. The Labute approximate surface area is 129 Å². The Bertz CT molecular complexity index is 625. The number of aliphatic carboxylic acids is 1. The van der Waals surface area contributed by atoms with Gasteiger partial charge in [0, 0.05) is 12.1 Å². The van der Waals surface area contributed by atoms with Crippen LogP contribution >= 0.6 is 0 Å². The summed E-state index contributed by atoms with van der Waals surface area (Å²) in [5, 5.41) is 16.6. The highest BCUT2D eigenvalue weighted by molar-refractivity contribution is 7.89. The lowest BCUT2D eigenvalue weighted by molar-refractivity contribution is -0.142. The number of benzene rings is 1. The van der Waals surface area contributed by atoms with Crippen LogP contribution in [0.3, 0.4) is 0 Å². The molecule has 0 aliphatic rings. The van der Waals surface area contributed by atoms with Crippen LogP contribution < -0.4 is 10.5 Å². The van der Waals surface area contributed by atoms with E-state index in [0.29, 0.717) is 12.1 Å². The van der Waals surface area contributed by atoms with E-state index in [9.17, 15) is 18.0 Å². The molecule has 1 aromatic rings. The maximum absolute atomic E-state index is 11.8. The number of primary sulfonamides is 1. The summed E-state index contributed by atoms with van der Waals surface area (Å²) in [6.45, 7) is 1.89. The Morgan fingerprint density at radius 1 is 1.23 bits per heavy atom. The molecule has 1 aromatic carbocycles. The van der Waals surface area contributed by atoms with Crippen molar-refractivity contribution >= 4 is 27.6 Å². The quantitative estimate of drug-likeness (QED) is 0.667. The van der Waals surface area contributed by atoms with Crippen LogP contribution in [0.25, 0.3) is 0 Å². The Morgan fingerprint density at radius 2 is 1.82 bits per heavy atom. The second kappa shape index (κ2) is 7.90. The highest BCUT2D eigenvalue weighted by atomic mass is 32.2. The molecule has 0 aliphatic heterocycles. The zero-order valence-corrected chi connectivity index (χ0v) is 13.1. The molecule has 1 atom stereocenters. The maximum Gasteiger partial charge on any atom is 0.306 e. The molecule has 4 N–H and O–H groups in total. The van der Waals surface area contributed by atoms with Gasteiger partial charge in [-0.2, -0.15) is 0 Å². The zero-order chi connectivity index (χ0) is 16.8. The van der Waals surface area contributed by atoms with Gasteiger partial charge in [-0.25, -0.2) is 13.6 Å². The molecule has 0 bridgehead atoms. The first kappa shape index (κ1) is 18.1. The van der Waals surface area contributed by atoms with Crippen LogP contribution in [0, 0.1) is 5.92 Å². The van der Waals surface area contributed by atoms with Gasteiger partial charge in [-0.3, -0.25) is 9.59 Å². The van der Waals surface area contributed by atoms with Gasteiger partial charge in [0.15, 0.2) is 0 Å². The molecule has 0 aliphatic carbocycles. The summed E-state index contributed by atoms with van der Waals surface area (Å²) in [4.78, 5) is 22.7. The van der Waals surface area contributed by atoms with Crippen molar-refractivity contribution in [2.45, 2.75) is 37.5 Å². The van der Waals surface area contributed by atoms with Crippen LogP contribution in [0.15, 0.2) is 29.2 Å². The van der Waals surface area contributed by atoms with Gasteiger partial charge in [0.05, 0.1) is 10.8 Å². The van der Waals surface area contributed by atoms with Crippen LogP contribution in [-0.4, -0.2) is 25.4 Å². The minimum Gasteiger partial charge on any atom is -0.481 e. The van der Waals surface area contributed by atoms with Gasteiger partial charge in [0.25, 0.3) is 0 Å². The fourth-order valence-electron chi connectivity index (χ4n) is 2.00. The van der Waals surface area contributed by atoms with Crippen LogP contribution in [0.4, 0.5) is 5.69 Å². The number of carbonyl (C=O) groups is 2. The third-order valence-corrected chi connectivity index (χ3v) is 4.10. The average Bonchev–Trinajstić information content (AvgIpc) is 2.42. The Balaban J connectivity index is 2.56. The van der Waals surface area contributed by atoms with E-state index in [2.05, 4.69) is 5.32 Å². The number of hydrogen-bond acceptors (Lipinski definition) is 4. The molecule has 8 heteroatoms. The summed E-state index contributed by atoms with van der Waals surface area (Å²) in [7, 11) is -3.76. The summed E-state index contributed by atoms with van der Waals surface area (Å²) in [5.41, 5.74) is 0.430. The summed E-state index contributed by atoms with van der Waals surface area (Å²) in [6, 6.07) is 5.45. The predicted molar refractivity (Wildman–Crippen MR) is 81.7 cm³/mol. The van der Waals surface area contributed by atoms with Crippen LogP contribution in [0.5, 0.6) is 0 Å². The fraction of sp³-hybridized carbons (Fsp3) is 0.429. The molecule has 0 saturated carbocycles. The molecular weight excluding hydrogens is 308 g/mol. The first-order valence-electron chi connectivity index (χ1n) is 6.89. The average molecular weight is 328 g/mol. The van der Waals surface area contributed by atoms with Crippen molar-refractivity contribution in [2.75, 3.05) is 5.32 Å². The van der Waals surface area contributed by atoms with E-state index in [1.165, 1.54) is 24.3 Å². The van der Waals surface area contributed by atoms with Crippen molar-refractivity contribution in [1.82, 2.24) is 0 Å². The first-order valence-corrected chi connectivity index (χ1v) is 8.44. The number of hydrogen-bond donors (Lipinski definition) is 3. The molecule has 1 amide bonds. The van der Waals surface area contributed by atoms with Gasteiger partial charge < -0.3 is 10.4 Å². The van der Waals surface area contributed by atoms with E-state index in [-0.39, 0.29) is 23.6 Å². The topological polar surface area (TPSA) is 127 Å². The van der Waals surface area contributed by atoms with Gasteiger partial charge >= 0.3 is 5.97 Å². The zero-order valence-electron chi connectivity index (χ0n) is 12.3. The lowest BCUT2D eigenvalue weighted by Crippen LogP contribution is -2.18. The van der Waals surface area contributed by atoms with Gasteiger partial charge in [0.2, 0.25) is 15.9 Å². The number of sulfonamides is 1. The fourth-order valence-corrected chi connectivity index (χ4v) is 2.51. The summed E-state index contributed by atoms with van der Waals surface area (Å²) < 4.78 is 22.2. The number of nitrogens with one attached hydrogen (secondary N) is 1. The molecule has 0 unspecified atom stereocenters. The molecule has 122 valence electrons. The third kappa shape index (κ3) is 5.82. The van der Waals surface area contributed by atoms with Crippen molar-refractivity contribution in [3.8, 4) is 0 Å². The molecule has 7 nitrogen and oxygen atoms in total. The molecule has 1 rings (SSSR count). The maximum atomic E-state index is 11.8. The number of nitrogens with two attached hydrogens (primary N) is 1. The highest BCUT2D eigenvalue weighted by Crippen LogP contribution is 2.16. The predicted octanol–water partition coefficient (Wildman–Crippen LogP) is 1.55. The van der Waals surface area contributed by atoms with Crippen molar-refractivity contribution in [3.05, 3.63) is 24.3 Å². The van der Waals surface area contributed by atoms with Crippen molar-refractivity contribution in [1.29, 1.82) is 0 Å². The van der Waals surface area contributed by atoms with Gasteiger partial charge in [-0.05, 0) is 37.1 Å². The minimum atomic E-state index is -3.76. The number of rotatable bonds is 8. The van der Waals surface area contributed by atoms with Gasteiger partial charge in [-0.15, -0.1) is 0 Å². The summed E-state index contributed by atoms with van der Waals surface area (Å²) >= 11 is 0. The van der Waals surface area contributed by atoms with Gasteiger partial charge in [0.1, 0.15) is 0 Å². The standard InChI is InChI=1S/C14H20N2O5S/c1-2-3-10(14(18)19)4-9-13(17)16-11-5-7-12(8-6-11)22(15,20)21/h5-8,10H,2-4,9H2,1H3,(H,16,17)(H,18,19)(H2,15,20,21)/t10-/m1/s1. The number of anilines is 1. The van der Waals surface area contributed by atoms with E-state index in [1.54, 1.807) is 0 Å². The molecule has 0 radical (unpaired) electrons. The SMILES string of the molecule is CCC[C@H](CCC(=O)Nc1ccc(S(N)(=O)=O)cc1)C(=O)O. The molecule has 0 spiro atoms. The second-order valence-electron chi connectivity index (χ2n) is 4.98. The monoisotopic (exact) mass is 328 g/mol. The Kier molecular flexibility index (Phi) is 6.51. The second-order valence-corrected chi connectivity index (χ2v) is 6.54. The minimum absolute atomic E-state index is 0.0422. The van der Waals surface area contributed by atoms with Crippen LogP contribution in [-0.2, 0) is 19.6 Å². The number of carboxylic acids is 1. The number of amides is 1. The third-order valence-electron chi connectivity index (χ3n) is 3.17. The molecule has 0 aromatic heterocycles. The van der Waals surface area contributed by atoms with E-state index < -0.39 is 21.9 Å². The van der Waals surface area contributed by atoms with Crippen molar-refractivity contribution < 1.29 is 23.1 Å². The lowest BCUT2D eigenvalue weighted by Gasteiger charge is -2.11. The van der Waals surface area contributed by atoms with E-state index >= 15 is 0 Å². The van der Waals surface area contributed by atoms with E-state index in [0.717, 1.165) is 6.42 Å². The van der Waals surface area contributed by atoms with E-state index in [4.69, 9.17) is 10.2 Å². The smallest absolute Gasteiger partial charge is 0.306 e. The Hall–Kier alpha value is -1.93. The highest BCUT2D eigenvalue weighted by Gasteiger charge is 2.17. The van der Waals surface area contributed by atoms with E-state index in [1.807, 2.05) is 6.92 Å². The first-order chi connectivity index (χ1) is 10.2. The van der Waals surface area contributed by atoms with Crippen LogP contribution in [0.1, 0.15) is 32.6 Å². The molecule has 0 saturated heterocycles. The number of carboxylic acid groups (broad SMARTS) is 1. The molecule has 0 heterocycles. The number of carbonyl (C=O) groups excluding carboxylic acids is 1. The summed E-state index contributed by atoms with van der Waals surface area (Å²) in [5.74, 6) is -1.74. The molecule has 0 fully saturated rings. The van der Waals surface area contributed by atoms with Gasteiger partial charge in [-0.1, -0.05) is 13.3 Å². The van der Waals surface area contributed by atoms with Crippen molar-refractivity contribution in [2.24, 2.45) is 11.1 Å². The molecule has 22 heavy (non-hydrogen) atoms. The molecular formula is C14H20N2O5S. The van der Waals surface area contributed by atoms with Crippen molar-refractivity contribution in [3.63, 3.8) is 0 Å². The van der Waals surface area contributed by atoms with Crippen LogP contribution in [0.2, 0.25) is 0 Å².